The number of anilines is 1. The molecule has 1 atom stereocenters. The third-order valence-electron chi connectivity index (χ3n) is 4.96. The molecule has 4 nitrogen and oxygen atoms in total. The van der Waals surface area contributed by atoms with Crippen LogP contribution in [0.25, 0.3) is 0 Å². The van der Waals surface area contributed by atoms with Gasteiger partial charge in [0, 0.05) is 6.42 Å². The van der Waals surface area contributed by atoms with Crippen LogP contribution in [0.15, 0.2) is 77.9 Å². The first kappa shape index (κ1) is 17.2. The quantitative estimate of drug-likeness (QED) is 0.708. The van der Waals surface area contributed by atoms with Gasteiger partial charge in [-0.25, -0.2) is 0 Å². The number of rotatable bonds is 4. The molecule has 0 fully saturated rings. The average Bonchev–Trinajstić information content (AvgIpc) is 3.16. The molecule has 1 N–H and O–H groups in total. The van der Waals surface area contributed by atoms with E-state index in [1.54, 1.807) is 13.2 Å². The molecule has 1 aliphatic heterocycles. The first-order valence-electron chi connectivity index (χ1n) is 9.01. The molecule has 0 amide bonds. The van der Waals surface area contributed by atoms with Crippen molar-refractivity contribution in [1.82, 2.24) is 0 Å². The SMILES string of the molecule is COc1ccc(C2CC(c3ccc(O)c(C)c3)=NN2c2ccccc2)cc1. The number of phenolic OH excluding ortho intramolecular Hbond substituents is 1. The first-order chi connectivity index (χ1) is 13.2. The summed E-state index contributed by atoms with van der Waals surface area (Å²) in [4.78, 5) is 0. The lowest BCUT2D eigenvalue weighted by molar-refractivity contribution is 0.414. The minimum absolute atomic E-state index is 0.113. The van der Waals surface area contributed by atoms with Crippen molar-refractivity contribution in [2.45, 2.75) is 19.4 Å². The maximum atomic E-state index is 9.83. The lowest BCUT2D eigenvalue weighted by atomic mass is 9.97. The lowest BCUT2D eigenvalue weighted by Gasteiger charge is -2.24. The number of benzene rings is 3. The van der Waals surface area contributed by atoms with Gasteiger partial charge in [-0.15, -0.1) is 0 Å². The standard InChI is InChI=1S/C23H22N2O2/c1-16-14-18(10-13-23(16)26)21-15-22(17-8-11-20(27-2)12-9-17)25(24-21)19-6-4-3-5-7-19/h3-14,22,26H,15H2,1-2H3. The largest absolute Gasteiger partial charge is 0.508 e. The summed E-state index contributed by atoms with van der Waals surface area (Å²) in [6, 6.07) is 24.2. The van der Waals surface area contributed by atoms with Gasteiger partial charge in [0.1, 0.15) is 11.5 Å². The maximum Gasteiger partial charge on any atom is 0.118 e. The molecule has 0 bridgehead atoms. The van der Waals surface area contributed by atoms with Crippen molar-refractivity contribution in [3.63, 3.8) is 0 Å². The minimum Gasteiger partial charge on any atom is -0.508 e. The smallest absolute Gasteiger partial charge is 0.118 e. The van der Waals surface area contributed by atoms with E-state index in [9.17, 15) is 5.11 Å². The number of methoxy groups -OCH3 is 1. The Labute approximate surface area is 159 Å². The highest BCUT2D eigenvalue weighted by Crippen LogP contribution is 2.37. The zero-order chi connectivity index (χ0) is 18.8. The predicted octanol–water partition coefficient (Wildman–Crippen LogP) is 5.06. The molecule has 0 aromatic heterocycles. The van der Waals surface area contributed by atoms with Crippen LogP contribution >= 0.6 is 0 Å². The monoisotopic (exact) mass is 358 g/mol. The summed E-state index contributed by atoms with van der Waals surface area (Å²) in [7, 11) is 1.68. The van der Waals surface area contributed by atoms with Crippen molar-refractivity contribution in [2.24, 2.45) is 5.10 Å². The number of ether oxygens (including phenoxy) is 1. The Balaban J connectivity index is 1.73. The Morgan fingerprint density at radius 2 is 1.74 bits per heavy atom. The molecule has 0 aliphatic carbocycles. The van der Waals surface area contributed by atoms with Crippen LogP contribution in [0.1, 0.15) is 29.2 Å². The molecular formula is C23H22N2O2. The Hall–Kier alpha value is -3.27. The molecule has 0 spiro atoms. The van der Waals surface area contributed by atoms with Gasteiger partial charge in [0.25, 0.3) is 0 Å². The van der Waals surface area contributed by atoms with Crippen molar-refractivity contribution in [3.05, 3.63) is 89.5 Å². The third-order valence-corrected chi connectivity index (χ3v) is 4.96. The van der Waals surface area contributed by atoms with Crippen LogP contribution in [0, 0.1) is 6.92 Å². The number of hydrazone groups is 1. The third kappa shape index (κ3) is 3.38. The molecule has 3 aromatic carbocycles. The normalized spacial score (nSPS) is 16.3. The second kappa shape index (κ2) is 7.16. The van der Waals surface area contributed by atoms with Crippen molar-refractivity contribution >= 4 is 11.4 Å². The van der Waals surface area contributed by atoms with Crippen LogP contribution in [0.5, 0.6) is 11.5 Å². The van der Waals surface area contributed by atoms with Gasteiger partial charge in [0.2, 0.25) is 0 Å². The van der Waals surface area contributed by atoms with Crippen molar-refractivity contribution in [2.75, 3.05) is 12.1 Å². The molecule has 4 heteroatoms. The van der Waals surface area contributed by atoms with Gasteiger partial charge in [-0.05, 0) is 66.1 Å². The minimum atomic E-state index is 0.113. The van der Waals surface area contributed by atoms with E-state index in [4.69, 9.17) is 9.84 Å². The highest BCUT2D eigenvalue weighted by molar-refractivity contribution is 6.03. The van der Waals surface area contributed by atoms with Crippen LogP contribution in [0.3, 0.4) is 0 Å². The maximum absolute atomic E-state index is 9.83. The lowest BCUT2D eigenvalue weighted by Crippen LogP contribution is -2.18. The van der Waals surface area contributed by atoms with Gasteiger partial charge in [-0.2, -0.15) is 5.10 Å². The van der Waals surface area contributed by atoms with E-state index in [2.05, 4.69) is 29.3 Å². The zero-order valence-electron chi connectivity index (χ0n) is 15.5. The topological polar surface area (TPSA) is 45.1 Å². The fourth-order valence-corrected chi connectivity index (χ4v) is 3.42. The van der Waals surface area contributed by atoms with Gasteiger partial charge in [0.05, 0.1) is 24.6 Å². The Bertz CT molecular complexity index is 965. The molecule has 0 saturated carbocycles. The molecule has 136 valence electrons. The fourth-order valence-electron chi connectivity index (χ4n) is 3.42. The highest BCUT2D eigenvalue weighted by Gasteiger charge is 2.30. The van der Waals surface area contributed by atoms with Gasteiger partial charge < -0.3 is 9.84 Å². The summed E-state index contributed by atoms with van der Waals surface area (Å²) >= 11 is 0. The Kier molecular flexibility index (Phi) is 4.55. The van der Waals surface area contributed by atoms with Crippen molar-refractivity contribution in [3.8, 4) is 11.5 Å². The second-order valence-electron chi connectivity index (χ2n) is 6.72. The van der Waals surface area contributed by atoms with Gasteiger partial charge >= 0.3 is 0 Å². The van der Waals surface area contributed by atoms with Gasteiger partial charge in [-0.1, -0.05) is 30.3 Å². The molecule has 1 unspecified atom stereocenters. The van der Waals surface area contributed by atoms with E-state index in [1.165, 1.54) is 5.56 Å². The summed E-state index contributed by atoms with van der Waals surface area (Å²) < 4.78 is 5.29. The number of hydrogen-bond acceptors (Lipinski definition) is 4. The van der Waals surface area contributed by atoms with E-state index in [0.717, 1.165) is 34.7 Å². The molecule has 1 heterocycles. The zero-order valence-corrected chi connectivity index (χ0v) is 15.5. The number of phenols is 1. The van der Waals surface area contributed by atoms with Crippen molar-refractivity contribution < 1.29 is 9.84 Å². The molecule has 27 heavy (non-hydrogen) atoms. The molecular weight excluding hydrogens is 336 g/mol. The number of para-hydroxylation sites is 1. The summed E-state index contributed by atoms with van der Waals surface area (Å²) in [6.45, 7) is 1.91. The number of aryl methyl sites for hydroxylation is 1. The van der Waals surface area contributed by atoms with Crippen LogP contribution in [-0.2, 0) is 0 Å². The highest BCUT2D eigenvalue weighted by atomic mass is 16.5. The first-order valence-corrected chi connectivity index (χ1v) is 9.01. The summed E-state index contributed by atoms with van der Waals surface area (Å²) in [5.74, 6) is 1.15. The van der Waals surface area contributed by atoms with Gasteiger partial charge in [-0.3, -0.25) is 5.01 Å². The molecule has 3 aromatic rings. The van der Waals surface area contributed by atoms with Crippen LogP contribution in [0.2, 0.25) is 0 Å². The van der Waals surface area contributed by atoms with E-state index >= 15 is 0 Å². The Morgan fingerprint density at radius 3 is 2.41 bits per heavy atom. The predicted molar refractivity (Wildman–Crippen MR) is 109 cm³/mol. The number of nitrogens with zero attached hydrogens (tertiary/aromatic N) is 2. The van der Waals surface area contributed by atoms with E-state index < -0.39 is 0 Å². The van der Waals surface area contributed by atoms with E-state index in [-0.39, 0.29) is 6.04 Å². The summed E-state index contributed by atoms with van der Waals surface area (Å²) in [5.41, 5.74) is 5.16. The number of hydrogen-bond donors (Lipinski definition) is 1. The fraction of sp³-hybridized carbons (Fsp3) is 0.174. The van der Waals surface area contributed by atoms with Crippen molar-refractivity contribution in [1.29, 1.82) is 0 Å². The van der Waals surface area contributed by atoms with E-state index in [0.29, 0.717) is 5.75 Å². The second-order valence-corrected chi connectivity index (χ2v) is 6.72. The molecule has 4 rings (SSSR count). The molecule has 0 saturated heterocycles. The number of aromatic hydroxyl groups is 1. The molecule has 1 aliphatic rings. The van der Waals surface area contributed by atoms with Crippen LogP contribution < -0.4 is 9.75 Å². The average molecular weight is 358 g/mol. The van der Waals surface area contributed by atoms with Crippen LogP contribution in [0.4, 0.5) is 5.69 Å². The van der Waals surface area contributed by atoms with Crippen LogP contribution in [-0.4, -0.2) is 17.9 Å². The summed E-state index contributed by atoms with van der Waals surface area (Å²) in [5, 5.41) is 16.9. The Morgan fingerprint density at radius 1 is 1.00 bits per heavy atom. The van der Waals surface area contributed by atoms with E-state index in [1.807, 2.05) is 49.4 Å². The van der Waals surface area contributed by atoms with Gasteiger partial charge in [0.15, 0.2) is 0 Å². The molecule has 0 radical (unpaired) electrons. The summed E-state index contributed by atoms with van der Waals surface area (Å²) in [6.07, 6.45) is 0.797.